The lowest BCUT2D eigenvalue weighted by Crippen LogP contribution is -2.29. The van der Waals surface area contributed by atoms with Crippen LogP contribution in [0.4, 0.5) is 4.39 Å². The predicted octanol–water partition coefficient (Wildman–Crippen LogP) is 6.59. The summed E-state index contributed by atoms with van der Waals surface area (Å²) >= 11 is 6.73. The Morgan fingerprint density at radius 1 is 1.21 bits per heavy atom. The summed E-state index contributed by atoms with van der Waals surface area (Å²) in [5.41, 5.74) is 4.83. The Bertz CT molecular complexity index is 1680. The first-order valence-electron chi connectivity index (χ1n) is 12.5. The molecule has 0 bridgehead atoms. The van der Waals surface area contributed by atoms with Crippen LogP contribution in [-0.2, 0) is 6.61 Å². The molecule has 3 heterocycles. The summed E-state index contributed by atoms with van der Waals surface area (Å²) in [5, 5.41) is 8.46. The van der Waals surface area contributed by atoms with Crippen LogP contribution in [0.3, 0.4) is 0 Å². The summed E-state index contributed by atoms with van der Waals surface area (Å²) in [4.78, 5) is 21.7. The van der Waals surface area contributed by atoms with Crippen molar-refractivity contribution in [1.82, 2.24) is 25.1 Å². The van der Waals surface area contributed by atoms with Gasteiger partial charge in [0.25, 0.3) is 5.91 Å². The third kappa shape index (κ3) is 5.49. The number of pyridine rings is 1. The molecule has 0 aliphatic heterocycles. The second kappa shape index (κ2) is 10.9. The summed E-state index contributed by atoms with van der Waals surface area (Å²) in [6, 6.07) is 11.0. The third-order valence-corrected chi connectivity index (χ3v) is 6.73. The van der Waals surface area contributed by atoms with Crippen LogP contribution in [0.25, 0.3) is 16.6 Å². The van der Waals surface area contributed by atoms with Crippen LogP contribution >= 0.6 is 11.6 Å². The summed E-state index contributed by atoms with van der Waals surface area (Å²) in [5.74, 6) is 0.200. The second-order valence-corrected chi connectivity index (χ2v) is 9.73. The van der Waals surface area contributed by atoms with E-state index >= 15 is 0 Å². The van der Waals surface area contributed by atoms with Gasteiger partial charge >= 0.3 is 0 Å². The molecule has 0 unspecified atom stereocenters. The minimum absolute atomic E-state index is 0.143. The molecule has 5 aromatic rings. The standard InChI is InChI=1S/C29H27ClFN5O3/c1-5-24(35-29(37)25-15-38-18(4)34-25)21-9-16(2)10-23(30)22(21)14-39-27-8-6-7-20-26(11-17(3)33-28(20)27)36-13-19(31)12-32-36/h6-13,15,24H,5,14H2,1-4H3,(H,35,37)/t24-/m0/s1. The van der Waals surface area contributed by atoms with E-state index in [9.17, 15) is 9.18 Å². The van der Waals surface area contributed by atoms with E-state index in [0.29, 0.717) is 34.3 Å². The van der Waals surface area contributed by atoms with Gasteiger partial charge in [-0.05, 0) is 49.6 Å². The van der Waals surface area contributed by atoms with Crippen molar-refractivity contribution in [3.05, 3.63) is 99.9 Å². The van der Waals surface area contributed by atoms with Crippen molar-refractivity contribution < 1.29 is 18.3 Å². The molecule has 0 spiro atoms. The van der Waals surface area contributed by atoms with E-state index in [1.54, 1.807) is 6.92 Å². The monoisotopic (exact) mass is 547 g/mol. The molecule has 2 aromatic carbocycles. The van der Waals surface area contributed by atoms with Crippen LogP contribution in [0.1, 0.15) is 58.1 Å². The number of nitrogens with one attached hydrogen (secondary N) is 1. The van der Waals surface area contributed by atoms with Crippen LogP contribution in [0, 0.1) is 26.6 Å². The van der Waals surface area contributed by atoms with Crippen molar-refractivity contribution >= 4 is 28.4 Å². The Labute approximate surface area is 229 Å². The van der Waals surface area contributed by atoms with Gasteiger partial charge in [-0.25, -0.2) is 19.0 Å². The molecule has 3 aromatic heterocycles. The quantitative estimate of drug-likeness (QED) is 0.235. The summed E-state index contributed by atoms with van der Waals surface area (Å²) in [6.07, 6.45) is 4.44. The smallest absolute Gasteiger partial charge is 0.273 e. The maximum atomic E-state index is 13.7. The number of hydrogen-bond donors (Lipinski definition) is 1. The molecule has 8 nitrogen and oxygen atoms in total. The van der Waals surface area contributed by atoms with Gasteiger partial charge in [-0.15, -0.1) is 0 Å². The van der Waals surface area contributed by atoms with Gasteiger partial charge in [0.05, 0.1) is 24.1 Å². The lowest BCUT2D eigenvalue weighted by Gasteiger charge is -2.22. The van der Waals surface area contributed by atoms with E-state index in [1.165, 1.54) is 17.1 Å². The second-order valence-electron chi connectivity index (χ2n) is 9.33. The number of carbonyl (C=O) groups excluding carboxylic acids is 1. The van der Waals surface area contributed by atoms with Gasteiger partial charge < -0.3 is 14.5 Å². The Morgan fingerprint density at radius 2 is 2.03 bits per heavy atom. The van der Waals surface area contributed by atoms with Crippen LogP contribution in [0.2, 0.25) is 5.02 Å². The van der Waals surface area contributed by atoms with Crippen molar-refractivity contribution in [2.24, 2.45) is 0 Å². The van der Waals surface area contributed by atoms with Crippen LogP contribution in [0.5, 0.6) is 5.75 Å². The molecule has 0 fully saturated rings. The molecule has 1 amide bonds. The number of rotatable bonds is 8. The average molecular weight is 548 g/mol. The largest absolute Gasteiger partial charge is 0.487 e. The first-order chi connectivity index (χ1) is 18.7. The van der Waals surface area contributed by atoms with Gasteiger partial charge in [-0.2, -0.15) is 5.10 Å². The highest BCUT2D eigenvalue weighted by atomic mass is 35.5. The van der Waals surface area contributed by atoms with Crippen molar-refractivity contribution in [1.29, 1.82) is 0 Å². The number of carbonyl (C=O) groups is 1. The van der Waals surface area contributed by atoms with Gasteiger partial charge in [0.1, 0.15) is 24.1 Å². The Morgan fingerprint density at radius 3 is 2.72 bits per heavy atom. The molecular formula is C29H27ClFN5O3. The number of aromatic nitrogens is 4. The molecule has 5 rings (SSSR count). The number of ether oxygens (including phenoxy) is 1. The van der Waals surface area contributed by atoms with Gasteiger partial charge in [-0.3, -0.25) is 4.79 Å². The number of aryl methyl sites for hydroxylation is 3. The molecule has 0 aliphatic rings. The first-order valence-corrected chi connectivity index (χ1v) is 12.9. The molecule has 1 atom stereocenters. The fourth-order valence-corrected chi connectivity index (χ4v) is 4.91. The van der Waals surface area contributed by atoms with Crippen LogP contribution < -0.4 is 10.1 Å². The van der Waals surface area contributed by atoms with Crippen molar-refractivity contribution in [3.8, 4) is 11.4 Å². The number of halogens is 2. The van der Waals surface area contributed by atoms with E-state index in [4.69, 9.17) is 25.7 Å². The van der Waals surface area contributed by atoms with Crippen molar-refractivity contribution in [2.45, 2.75) is 46.8 Å². The van der Waals surface area contributed by atoms with Gasteiger partial charge in [-0.1, -0.05) is 36.7 Å². The summed E-state index contributed by atoms with van der Waals surface area (Å²) in [6.45, 7) is 7.62. The summed E-state index contributed by atoms with van der Waals surface area (Å²) < 4.78 is 26.7. The van der Waals surface area contributed by atoms with E-state index in [1.807, 2.05) is 57.2 Å². The van der Waals surface area contributed by atoms with E-state index in [-0.39, 0.29) is 24.2 Å². The molecular weight excluding hydrogens is 521 g/mol. The van der Waals surface area contributed by atoms with Gasteiger partial charge in [0.15, 0.2) is 17.4 Å². The Hall–Kier alpha value is -4.24. The number of para-hydroxylation sites is 1. The highest BCUT2D eigenvalue weighted by molar-refractivity contribution is 6.31. The number of oxazole rings is 1. The van der Waals surface area contributed by atoms with E-state index in [2.05, 4.69) is 15.4 Å². The molecule has 0 saturated heterocycles. The topological polar surface area (TPSA) is 95.1 Å². The first kappa shape index (κ1) is 26.4. The third-order valence-electron chi connectivity index (χ3n) is 6.39. The summed E-state index contributed by atoms with van der Waals surface area (Å²) in [7, 11) is 0. The molecule has 10 heteroatoms. The zero-order chi connectivity index (χ0) is 27.7. The predicted molar refractivity (Wildman–Crippen MR) is 146 cm³/mol. The minimum atomic E-state index is -0.428. The molecule has 39 heavy (non-hydrogen) atoms. The minimum Gasteiger partial charge on any atom is -0.487 e. The van der Waals surface area contributed by atoms with E-state index < -0.39 is 5.82 Å². The maximum Gasteiger partial charge on any atom is 0.273 e. The maximum absolute atomic E-state index is 13.7. The Balaban J connectivity index is 1.48. The highest BCUT2D eigenvalue weighted by Gasteiger charge is 2.22. The zero-order valence-electron chi connectivity index (χ0n) is 22.0. The number of hydrogen-bond acceptors (Lipinski definition) is 6. The number of fused-ring (bicyclic) bond motifs is 1. The van der Waals surface area contributed by atoms with E-state index in [0.717, 1.165) is 34.0 Å². The lowest BCUT2D eigenvalue weighted by atomic mass is 9.96. The van der Waals surface area contributed by atoms with Gasteiger partial charge in [0, 0.05) is 28.6 Å². The molecule has 0 saturated carbocycles. The highest BCUT2D eigenvalue weighted by Crippen LogP contribution is 2.33. The number of nitrogens with zero attached hydrogens (tertiary/aromatic N) is 4. The molecule has 0 aliphatic carbocycles. The molecule has 200 valence electrons. The van der Waals surface area contributed by atoms with Crippen LogP contribution in [-0.4, -0.2) is 25.7 Å². The number of amides is 1. The molecule has 0 radical (unpaired) electrons. The van der Waals surface area contributed by atoms with Crippen molar-refractivity contribution in [3.63, 3.8) is 0 Å². The number of benzene rings is 2. The Kier molecular flexibility index (Phi) is 7.34. The fourth-order valence-electron chi connectivity index (χ4n) is 4.58. The normalized spacial score (nSPS) is 12.1. The average Bonchev–Trinajstić information content (AvgIpc) is 3.54. The SMILES string of the molecule is CC[C@H](NC(=O)c1coc(C)n1)c1cc(C)cc(Cl)c1COc1cccc2c(-n3cc(F)cn3)cc(C)nc12. The lowest BCUT2D eigenvalue weighted by molar-refractivity contribution is 0.0930. The molecule has 1 N–H and O–H groups in total. The van der Waals surface area contributed by atoms with Crippen LogP contribution in [0.15, 0.2) is 59.5 Å². The van der Waals surface area contributed by atoms with Crippen molar-refractivity contribution in [2.75, 3.05) is 0 Å². The zero-order valence-corrected chi connectivity index (χ0v) is 22.7. The van der Waals surface area contributed by atoms with Gasteiger partial charge in [0.2, 0.25) is 0 Å². The fraction of sp³-hybridized carbons (Fsp3) is 0.241.